The van der Waals surface area contributed by atoms with Crippen molar-refractivity contribution >= 4 is 5.91 Å². The van der Waals surface area contributed by atoms with Crippen LogP contribution in [-0.2, 0) is 4.79 Å². The zero-order chi connectivity index (χ0) is 14.0. The van der Waals surface area contributed by atoms with Gasteiger partial charge >= 0.3 is 0 Å². The largest absolute Gasteiger partial charge is 0.326 e. The Morgan fingerprint density at radius 2 is 1.95 bits per heavy atom. The van der Waals surface area contributed by atoms with E-state index in [1.807, 2.05) is 0 Å². The van der Waals surface area contributed by atoms with E-state index in [-0.39, 0.29) is 12.2 Å². The third-order valence-corrected chi connectivity index (χ3v) is 4.81. The zero-order valence-corrected chi connectivity index (χ0v) is 13.0. The number of carbonyl (C=O) groups excluding carboxylic acids is 1. The second-order valence-corrected chi connectivity index (χ2v) is 7.36. The summed E-state index contributed by atoms with van der Waals surface area (Å²) in [6.07, 6.45) is 7.74. The molecule has 2 rings (SSSR count). The maximum absolute atomic E-state index is 12.5. The van der Waals surface area contributed by atoms with Crippen LogP contribution in [-0.4, -0.2) is 29.6 Å². The number of hydrogen-bond donors (Lipinski definition) is 1. The summed E-state index contributed by atoms with van der Waals surface area (Å²) in [5, 5.41) is 3.47. The molecule has 0 aromatic carbocycles. The van der Waals surface area contributed by atoms with Gasteiger partial charge in [-0.2, -0.15) is 0 Å². The Labute approximate surface area is 118 Å². The highest BCUT2D eigenvalue weighted by Crippen LogP contribution is 2.37. The lowest BCUT2D eigenvalue weighted by molar-refractivity contribution is -0.131. The highest BCUT2D eigenvalue weighted by Gasteiger charge is 2.40. The Balaban J connectivity index is 1.98. The molecule has 1 saturated carbocycles. The minimum absolute atomic E-state index is 0.0437. The van der Waals surface area contributed by atoms with Gasteiger partial charge in [0.05, 0.1) is 12.2 Å². The van der Waals surface area contributed by atoms with Crippen molar-refractivity contribution in [2.45, 2.75) is 78.4 Å². The third kappa shape index (κ3) is 3.50. The lowest BCUT2D eigenvalue weighted by Gasteiger charge is -2.38. The fourth-order valence-electron chi connectivity index (χ4n) is 3.67. The smallest absolute Gasteiger partial charge is 0.241 e. The van der Waals surface area contributed by atoms with Crippen molar-refractivity contribution in [1.82, 2.24) is 10.2 Å². The van der Waals surface area contributed by atoms with Crippen LogP contribution in [0, 0.1) is 11.3 Å². The second kappa shape index (κ2) is 5.82. The summed E-state index contributed by atoms with van der Waals surface area (Å²) in [6.45, 7) is 9.80. The molecule has 3 nitrogen and oxygen atoms in total. The van der Waals surface area contributed by atoms with Gasteiger partial charge in [0.25, 0.3) is 0 Å². The molecule has 2 atom stereocenters. The van der Waals surface area contributed by atoms with E-state index in [4.69, 9.17) is 0 Å². The Morgan fingerprint density at radius 3 is 2.53 bits per heavy atom. The molecule has 1 aliphatic carbocycles. The predicted octanol–water partition coefficient (Wildman–Crippen LogP) is 3.15. The maximum Gasteiger partial charge on any atom is 0.241 e. The van der Waals surface area contributed by atoms with Crippen LogP contribution < -0.4 is 5.32 Å². The van der Waals surface area contributed by atoms with Crippen LogP contribution in [0.25, 0.3) is 0 Å². The minimum Gasteiger partial charge on any atom is -0.326 e. The lowest BCUT2D eigenvalue weighted by Crippen LogP contribution is -2.43. The molecule has 1 saturated heterocycles. The van der Waals surface area contributed by atoms with Gasteiger partial charge in [0.2, 0.25) is 5.91 Å². The van der Waals surface area contributed by atoms with Crippen LogP contribution in [0.1, 0.15) is 66.2 Å². The summed E-state index contributed by atoms with van der Waals surface area (Å²) in [4.78, 5) is 14.6. The molecule has 0 aromatic heterocycles. The molecule has 110 valence electrons. The molecule has 1 heterocycles. The molecular weight excluding hydrogens is 236 g/mol. The number of nitrogens with one attached hydrogen (secondary N) is 1. The molecule has 0 aromatic rings. The average Bonchev–Trinajstić information content (AvgIpc) is 2.57. The summed E-state index contributed by atoms with van der Waals surface area (Å²) < 4.78 is 0. The number of rotatable bonds is 4. The van der Waals surface area contributed by atoms with Crippen LogP contribution in [0.2, 0.25) is 0 Å². The van der Waals surface area contributed by atoms with Gasteiger partial charge in [-0.3, -0.25) is 10.1 Å². The number of carbonyl (C=O) groups is 1. The van der Waals surface area contributed by atoms with Crippen molar-refractivity contribution < 1.29 is 4.79 Å². The lowest BCUT2D eigenvalue weighted by atomic mass is 9.75. The normalized spacial score (nSPS) is 31.2. The van der Waals surface area contributed by atoms with E-state index < -0.39 is 0 Å². The molecule has 0 bridgehead atoms. The first-order valence-corrected chi connectivity index (χ1v) is 7.98. The van der Waals surface area contributed by atoms with Crippen LogP contribution in [0.3, 0.4) is 0 Å². The SMILES string of the molecule is CC(C)CC1NC(C)N(CC2(C)CCCCC2)C1=O. The van der Waals surface area contributed by atoms with Gasteiger partial charge in [0.1, 0.15) is 0 Å². The Morgan fingerprint density at radius 1 is 1.32 bits per heavy atom. The average molecular weight is 266 g/mol. The van der Waals surface area contributed by atoms with Crippen molar-refractivity contribution in [3.05, 3.63) is 0 Å². The number of nitrogens with zero attached hydrogens (tertiary/aromatic N) is 1. The third-order valence-electron chi connectivity index (χ3n) is 4.81. The van der Waals surface area contributed by atoms with Crippen molar-refractivity contribution in [3.8, 4) is 0 Å². The Hall–Kier alpha value is -0.570. The molecule has 19 heavy (non-hydrogen) atoms. The summed E-state index contributed by atoms with van der Waals surface area (Å²) >= 11 is 0. The van der Waals surface area contributed by atoms with Crippen LogP contribution in [0.5, 0.6) is 0 Å². The highest BCUT2D eigenvalue weighted by molar-refractivity contribution is 5.84. The molecule has 2 fully saturated rings. The van der Waals surface area contributed by atoms with Crippen LogP contribution >= 0.6 is 0 Å². The zero-order valence-electron chi connectivity index (χ0n) is 13.0. The van der Waals surface area contributed by atoms with Gasteiger partial charge in [-0.05, 0) is 37.5 Å². The Bertz CT molecular complexity index is 321. The van der Waals surface area contributed by atoms with E-state index >= 15 is 0 Å². The van der Waals surface area contributed by atoms with Crippen molar-refractivity contribution in [1.29, 1.82) is 0 Å². The highest BCUT2D eigenvalue weighted by atomic mass is 16.2. The minimum atomic E-state index is 0.0437. The Kier molecular flexibility index (Phi) is 4.54. The standard InChI is InChI=1S/C16H30N2O/c1-12(2)10-14-15(19)18(13(3)17-14)11-16(4)8-6-5-7-9-16/h12-14,17H,5-11H2,1-4H3. The molecule has 2 unspecified atom stereocenters. The van der Waals surface area contributed by atoms with Crippen LogP contribution in [0.15, 0.2) is 0 Å². The van der Waals surface area contributed by atoms with Crippen molar-refractivity contribution in [2.24, 2.45) is 11.3 Å². The fourth-order valence-corrected chi connectivity index (χ4v) is 3.67. The maximum atomic E-state index is 12.5. The van der Waals surface area contributed by atoms with Gasteiger partial charge in [0, 0.05) is 6.54 Å². The van der Waals surface area contributed by atoms with Crippen molar-refractivity contribution in [2.75, 3.05) is 6.54 Å². The quantitative estimate of drug-likeness (QED) is 0.848. The second-order valence-electron chi connectivity index (χ2n) is 7.36. The van der Waals surface area contributed by atoms with Gasteiger partial charge in [-0.1, -0.05) is 40.0 Å². The molecule has 0 radical (unpaired) electrons. The van der Waals surface area contributed by atoms with Gasteiger partial charge in [-0.25, -0.2) is 0 Å². The summed E-state index contributed by atoms with van der Waals surface area (Å²) in [5.74, 6) is 0.895. The van der Waals surface area contributed by atoms with E-state index in [1.54, 1.807) is 0 Å². The molecule has 3 heteroatoms. The first kappa shape index (κ1) is 14.8. The summed E-state index contributed by atoms with van der Waals surface area (Å²) in [7, 11) is 0. The van der Waals surface area contributed by atoms with E-state index in [9.17, 15) is 4.79 Å². The summed E-state index contributed by atoms with van der Waals surface area (Å²) in [5.41, 5.74) is 0.344. The molecule has 1 aliphatic heterocycles. The van der Waals surface area contributed by atoms with E-state index in [2.05, 4.69) is 37.9 Å². The monoisotopic (exact) mass is 266 g/mol. The topological polar surface area (TPSA) is 32.3 Å². The first-order chi connectivity index (χ1) is 8.91. The molecular formula is C16H30N2O. The van der Waals surface area contributed by atoms with E-state index in [0.29, 0.717) is 17.2 Å². The van der Waals surface area contributed by atoms with E-state index in [0.717, 1.165) is 13.0 Å². The van der Waals surface area contributed by atoms with E-state index in [1.165, 1.54) is 32.1 Å². The summed E-state index contributed by atoms with van der Waals surface area (Å²) in [6, 6.07) is 0.0437. The van der Waals surface area contributed by atoms with Crippen molar-refractivity contribution in [3.63, 3.8) is 0 Å². The fraction of sp³-hybridized carbons (Fsp3) is 0.938. The molecule has 1 amide bonds. The number of amides is 1. The van der Waals surface area contributed by atoms with Gasteiger partial charge in [0.15, 0.2) is 0 Å². The predicted molar refractivity (Wildman–Crippen MR) is 78.7 cm³/mol. The molecule has 1 N–H and O–H groups in total. The van der Waals surface area contributed by atoms with Crippen LogP contribution in [0.4, 0.5) is 0 Å². The first-order valence-electron chi connectivity index (χ1n) is 7.98. The molecule has 0 spiro atoms. The van der Waals surface area contributed by atoms with Gasteiger partial charge in [-0.15, -0.1) is 0 Å². The number of hydrogen-bond acceptors (Lipinski definition) is 2. The molecule has 2 aliphatic rings. The van der Waals surface area contributed by atoms with Gasteiger partial charge < -0.3 is 4.90 Å².